The lowest BCUT2D eigenvalue weighted by molar-refractivity contribution is -0.144. The average Bonchev–Trinajstić information content (AvgIpc) is 3.17. The molecule has 0 N–H and O–H groups in total. The number of rotatable bonds is 19. The lowest BCUT2D eigenvalue weighted by Crippen LogP contribution is -2.60. The van der Waals surface area contributed by atoms with Gasteiger partial charge in [0.1, 0.15) is 13.2 Å². The Morgan fingerprint density at radius 3 is 2.43 bits per heavy atom. The standard InChI is InChI=1S/C43H52BrNO6S2/c1-45-20-19-43-27-37(46)38(48-2)25-34(43)36(45)24-33-35(44)26-39(49-3)42(41(33)43)51-22-21-50-40(47)17-11-10-16-32(53-29-31-14-8-5-9-15-31)18-23-52-28-30-12-6-4-7-13-30/h4-9,12-15,25-26,32,34,36H,10-11,16-24,27-29H2,1-3H3/t32?,34?,36-,43+/m0/s1. The zero-order chi connectivity index (χ0) is 37.2. The van der Waals surface area contributed by atoms with Crippen LogP contribution in [0.4, 0.5) is 0 Å². The van der Waals surface area contributed by atoms with E-state index >= 15 is 0 Å². The highest BCUT2D eigenvalue weighted by Crippen LogP contribution is 2.59. The SMILES string of the molecule is COC1=CC2[C@@H]3Cc4c(Br)cc(OC)c(OCCOC(=O)CCCCC(CCSCc5ccccc5)SCc5ccccc5)c4[C@]2(CCN3C)CC1=O. The van der Waals surface area contributed by atoms with E-state index in [2.05, 4.69) is 88.5 Å². The van der Waals surface area contributed by atoms with E-state index < -0.39 is 5.41 Å². The number of carbonyl (C=O) groups is 2. The van der Waals surface area contributed by atoms with Gasteiger partial charge in [0.25, 0.3) is 0 Å². The molecule has 1 aliphatic heterocycles. The van der Waals surface area contributed by atoms with Crippen LogP contribution in [0.15, 0.2) is 83.0 Å². The second-order valence-corrected chi connectivity index (χ2v) is 17.6. The normalized spacial score (nSPS) is 21.2. The number of benzene rings is 3. The fourth-order valence-corrected chi connectivity index (χ4v) is 11.3. The Bertz CT molecular complexity index is 1720. The number of nitrogens with zero attached hydrogens (tertiary/aromatic N) is 1. The number of esters is 1. The number of Topliss-reactive ketones (excluding diaryl/α,β-unsaturated/α-hetero) is 1. The summed E-state index contributed by atoms with van der Waals surface area (Å²) in [7, 11) is 5.38. The van der Waals surface area contributed by atoms with Crippen LogP contribution in [0.3, 0.4) is 0 Å². The van der Waals surface area contributed by atoms with Crippen LogP contribution in [0.25, 0.3) is 0 Å². The summed E-state index contributed by atoms with van der Waals surface area (Å²) in [5.74, 6) is 4.79. The molecule has 0 aromatic heterocycles. The Balaban J connectivity index is 1.01. The minimum absolute atomic E-state index is 0.0155. The molecule has 284 valence electrons. The summed E-state index contributed by atoms with van der Waals surface area (Å²) in [5.41, 5.74) is 4.49. The molecule has 53 heavy (non-hydrogen) atoms. The Morgan fingerprint density at radius 2 is 1.72 bits per heavy atom. The van der Waals surface area contributed by atoms with Crippen LogP contribution < -0.4 is 9.47 Å². The molecule has 0 radical (unpaired) electrons. The molecule has 3 aromatic carbocycles. The summed E-state index contributed by atoms with van der Waals surface area (Å²) in [6.45, 7) is 1.23. The van der Waals surface area contributed by atoms with E-state index in [1.54, 1.807) is 14.2 Å². The van der Waals surface area contributed by atoms with Crippen molar-refractivity contribution in [3.63, 3.8) is 0 Å². The van der Waals surface area contributed by atoms with Crippen molar-refractivity contribution in [1.82, 2.24) is 4.90 Å². The van der Waals surface area contributed by atoms with Crippen LogP contribution in [0.2, 0.25) is 0 Å². The molecule has 1 saturated heterocycles. The van der Waals surface area contributed by atoms with Crippen LogP contribution in [-0.4, -0.2) is 74.7 Å². The van der Waals surface area contributed by atoms with Gasteiger partial charge < -0.3 is 23.8 Å². The molecule has 4 atom stereocenters. The van der Waals surface area contributed by atoms with Crippen molar-refractivity contribution >= 4 is 51.2 Å². The largest absolute Gasteiger partial charge is 0.493 e. The van der Waals surface area contributed by atoms with Gasteiger partial charge in [0.15, 0.2) is 23.0 Å². The van der Waals surface area contributed by atoms with Gasteiger partial charge in [-0.1, -0.05) is 83.0 Å². The number of allylic oxidation sites excluding steroid dienone is 1. The quantitative estimate of drug-likeness (QED) is 0.0870. The molecule has 10 heteroatoms. The van der Waals surface area contributed by atoms with Gasteiger partial charge in [0.2, 0.25) is 0 Å². The first kappa shape index (κ1) is 39.8. The van der Waals surface area contributed by atoms with Gasteiger partial charge in [-0.15, -0.1) is 0 Å². The number of likely N-dealkylation sites (N-methyl/N-ethyl adjacent to an activating group) is 1. The van der Waals surface area contributed by atoms with Gasteiger partial charge in [0, 0.05) is 57.0 Å². The summed E-state index contributed by atoms with van der Waals surface area (Å²) in [4.78, 5) is 28.6. The molecule has 2 bridgehead atoms. The highest BCUT2D eigenvalue weighted by Gasteiger charge is 2.57. The molecule has 7 nitrogen and oxygen atoms in total. The molecule has 2 aliphatic carbocycles. The number of hydrogen-bond acceptors (Lipinski definition) is 9. The molecule has 6 rings (SSSR count). The summed E-state index contributed by atoms with van der Waals surface area (Å²) in [5, 5.41) is 0.546. The second-order valence-electron chi connectivity index (χ2n) is 14.3. The van der Waals surface area contributed by atoms with Gasteiger partial charge in [-0.3, -0.25) is 9.59 Å². The summed E-state index contributed by atoms with van der Waals surface area (Å²) < 4.78 is 24.5. The smallest absolute Gasteiger partial charge is 0.305 e. The van der Waals surface area contributed by atoms with Gasteiger partial charge in [-0.2, -0.15) is 23.5 Å². The van der Waals surface area contributed by atoms with E-state index in [1.807, 2.05) is 35.7 Å². The lowest BCUT2D eigenvalue weighted by Gasteiger charge is -2.57. The van der Waals surface area contributed by atoms with Crippen molar-refractivity contribution in [2.24, 2.45) is 5.92 Å². The third kappa shape index (κ3) is 9.67. The number of methoxy groups -OCH3 is 2. The van der Waals surface area contributed by atoms with Crippen LogP contribution in [0.5, 0.6) is 11.5 Å². The van der Waals surface area contributed by atoms with Crippen LogP contribution in [0.1, 0.15) is 67.2 Å². The lowest BCUT2D eigenvalue weighted by atomic mass is 9.53. The summed E-state index contributed by atoms with van der Waals surface area (Å²) in [6, 6.07) is 23.5. The number of carbonyl (C=O) groups excluding carboxylic acids is 2. The third-order valence-electron chi connectivity index (χ3n) is 11.0. The molecule has 1 heterocycles. The van der Waals surface area contributed by atoms with Gasteiger partial charge in [0.05, 0.1) is 14.2 Å². The first-order valence-electron chi connectivity index (χ1n) is 18.8. The predicted octanol–water partition coefficient (Wildman–Crippen LogP) is 9.18. The molecule has 1 fully saturated rings. The monoisotopic (exact) mass is 821 g/mol. The van der Waals surface area contributed by atoms with Gasteiger partial charge >= 0.3 is 5.97 Å². The van der Waals surface area contributed by atoms with Gasteiger partial charge in [-0.25, -0.2) is 0 Å². The Kier molecular flexibility index (Phi) is 14.3. The number of halogens is 1. The van der Waals surface area contributed by atoms with E-state index in [0.717, 1.165) is 77.9 Å². The summed E-state index contributed by atoms with van der Waals surface area (Å²) in [6.07, 6.45) is 8.45. The van der Waals surface area contributed by atoms with Crippen molar-refractivity contribution < 1.29 is 28.5 Å². The number of ether oxygens (including phenoxy) is 4. The molecule has 2 unspecified atom stereocenters. The maximum Gasteiger partial charge on any atom is 0.305 e. The van der Waals surface area contributed by atoms with Crippen molar-refractivity contribution in [1.29, 1.82) is 0 Å². The fourth-order valence-electron chi connectivity index (χ4n) is 8.27. The predicted molar refractivity (Wildman–Crippen MR) is 219 cm³/mol. The Labute approximate surface area is 332 Å². The third-order valence-corrected chi connectivity index (χ3v) is 14.2. The van der Waals surface area contributed by atoms with E-state index in [1.165, 1.54) is 11.1 Å². The second kappa shape index (κ2) is 19.1. The average molecular weight is 823 g/mol. The summed E-state index contributed by atoms with van der Waals surface area (Å²) >= 11 is 7.85. The van der Waals surface area contributed by atoms with E-state index in [9.17, 15) is 9.59 Å². The number of unbranched alkanes of at least 4 members (excludes halogenated alkanes) is 1. The molecular weight excluding hydrogens is 771 g/mol. The number of hydrogen-bond donors (Lipinski definition) is 0. The van der Waals surface area contributed by atoms with Crippen LogP contribution in [-0.2, 0) is 42.4 Å². The number of piperidine rings is 1. The van der Waals surface area contributed by atoms with Crippen molar-refractivity contribution in [3.8, 4) is 11.5 Å². The first-order chi connectivity index (χ1) is 25.8. The number of ketones is 1. The molecule has 0 amide bonds. The fraction of sp³-hybridized carbons (Fsp3) is 0.488. The zero-order valence-electron chi connectivity index (χ0n) is 31.2. The highest BCUT2D eigenvalue weighted by atomic mass is 79.9. The minimum Gasteiger partial charge on any atom is -0.493 e. The maximum atomic E-state index is 13.3. The van der Waals surface area contributed by atoms with Crippen molar-refractivity contribution in [2.75, 3.05) is 46.8 Å². The first-order valence-corrected chi connectivity index (χ1v) is 21.8. The molecule has 0 spiro atoms. The molecule has 3 aromatic rings. The van der Waals surface area contributed by atoms with Gasteiger partial charge in [-0.05, 0) is 80.3 Å². The number of thioether (sulfide) groups is 2. The zero-order valence-corrected chi connectivity index (χ0v) is 34.4. The van der Waals surface area contributed by atoms with Crippen molar-refractivity contribution in [2.45, 2.75) is 79.6 Å². The minimum atomic E-state index is -0.426. The number of fused-ring (bicyclic) bond motifs is 1. The Morgan fingerprint density at radius 1 is 0.981 bits per heavy atom. The molecular formula is C43H52BrNO6S2. The molecule has 0 saturated carbocycles. The molecule has 3 aliphatic rings. The van der Waals surface area contributed by atoms with Crippen LogP contribution in [0, 0.1) is 5.92 Å². The topological polar surface area (TPSA) is 74.3 Å². The van der Waals surface area contributed by atoms with Crippen LogP contribution >= 0.6 is 39.5 Å². The van der Waals surface area contributed by atoms with E-state index in [0.29, 0.717) is 35.3 Å². The van der Waals surface area contributed by atoms with Crippen molar-refractivity contribution in [3.05, 3.63) is 105 Å². The van der Waals surface area contributed by atoms with E-state index in [-0.39, 0.29) is 36.9 Å². The number of likely N-dealkylation sites (tertiary alicyclic amines) is 1. The highest BCUT2D eigenvalue weighted by molar-refractivity contribution is 9.10. The maximum absolute atomic E-state index is 13.3. The Hall–Kier alpha value is -2.92. The van der Waals surface area contributed by atoms with E-state index in [4.69, 9.17) is 18.9 Å².